The molecule has 0 saturated heterocycles. The quantitative estimate of drug-likeness (QED) is 0.904. The lowest BCUT2D eigenvalue weighted by Crippen LogP contribution is -2.35. The molecule has 0 heterocycles. The van der Waals surface area contributed by atoms with E-state index in [2.05, 4.69) is 4.90 Å². The van der Waals surface area contributed by atoms with E-state index in [9.17, 15) is 9.50 Å². The Morgan fingerprint density at radius 1 is 1.21 bits per heavy atom. The molecule has 1 aromatic carbocycles. The van der Waals surface area contributed by atoms with Crippen molar-refractivity contribution in [2.45, 2.75) is 37.7 Å². The van der Waals surface area contributed by atoms with Gasteiger partial charge in [0.25, 0.3) is 0 Å². The zero-order valence-electron chi connectivity index (χ0n) is 11.8. The second-order valence-corrected chi connectivity index (χ2v) is 5.94. The van der Waals surface area contributed by atoms with Gasteiger partial charge in [0.15, 0.2) is 0 Å². The minimum absolute atomic E-state index is 0.198. The number of hydrogen-bond acceptors (Lipinski definition) is 2. The molecule has 1 fully saturated rings. The smallest absolute Gasteiger partial charge is 0.123 e. The molecular formula is C16H24FNO. The molecule has 0 radical (unpaired) electrons. The van der Waals surface area contributed by atoms with Gasteiger partial charge < -0.3 is 10.0 Å². The van der Waals surface area contributed by atoms with Crippen LogP contribution in [0.1, 0.15) is 37.2 Å². The zero-order valence-corrected chi connectivity index (χ0v) is 11.8. The maximum atomic E-state index is 13.1. The van der Waals surface area contributed by atoms with Gasteiger partial charge in [-0.25, -0.2) is 4.39 Å². The lowest BCUT2D eigenvalue weighted by molar-refractivity contribution is 0.0494. The second-order valence-electron chi connectivity index (χ2n) is 5.94. The molecule has 1 aliphatic carbocycles. The molecule has 1 aromatic rings. The van der Waals surface area contributed by atoms with E-state index >= 15 is 0 Å². The molecule has 0 spiro atoms. The number of aliphatic hydroxyl groups excluding tert-OH is 1. The Morgan fingerprint density at radius 2 is 1.84 bits per heavy atom. The fourth-order valence-corrected chi connectivity index (χ4v) is 3.20. The molecule has 3 heteroatoms. The Kier molecular flexibility index (Phi) is 4.94. The molecule has 19 heavy (non-hydrogen) atoms. The summed E-state index contributed by atoms with van der Waals surface area (Å²) in [5.41, 5.74) is 1.14. The second kappa shape index (κ2) is 6.49. The maximum absolute atomic E-state index is 13.1. The number of benzene rings is 1. The monoisotopic (exact) mass is 265 g/mol. The first-order valence-corrected chi connectivity index (χ1v) is 7.16. The summed E-state index contributed by atoms with van der Waals surface area (Å²) in [5, 5.41) is 10.3. The van der Waals surface area contributed by atoms with Crippen molar-refractivity contribution in [3.05, 3.63) is 35.6 Å². The van der Waals surface area contributed by atoms with Gasteiger partial charge in [0.2, 0.25) is 0 Å². The van der Waals surface area contributed by atoms with Gasteiger partial charge in [-0.05, 0) is 50.6 Å². The Bertz CT molecular complexity index is 390. The first-order valence-electron chi connectivity index (χ1n) is 7.16. The Morgan fingerprint density at radius 3 is 2.42 bits per heavy atom. The van der Waals surface area contributed by atoms with Gasteiger partial charge in [-0.15, -0.1) is 0 Å². The predicted octanol–water partition coefficient (Wildman–Crippen LogP) is 3.02. The van der Waals surface area contributed by atoms with Crippen LogP contribution in [0.3, 0.4) is 0 Å². The van der Waals surface area contributed by atoms with E-state index < -0.39 is 0 Å². The van der Waals surface area contributed by atoms with Crippen LogP contribution in [0.2, 0.25) is 0 Å². The minimum atomic E-state index is -0.219. The average molecular weight is 265 g/mol. The fraction of sp³-hybridized carbons (Fsp3) is 0.625. The average Bonchev–Trinajstić information content (AvgIpc) is 2.38. The summed E-state index contributed by atoms with van der Waals surface area (Å²) in [6.07, 6.45) is 4.05. The molecule has 1 aliphatic rings. The SMILES string of the molecule is CN(C)CC(c1ccc(F)cc1)[C@H]1CCCC[C@@H]1O. The van der Waals surface area contributed by atoms with Crippen LogP contribution in [-0.2, 0) is 0 Å². The summed E-state index contributed by atoms with van der Waals surface area (Å²) in [7, 11) is 4.09. The number of hydrogen-bond donors (Lipinski definition) is 1. The number of aliphatic hydroxyl groups is 1. The highest BCUT2D eigenvalue weighted by molar-refractivity contribution is 5.22. The van der Waals surface area contributed by atoms with Gasteiger partial charge in [-0.2, -0.15) is 0 Å². The Hall–Kier alpha value is -0.930. The molecule has 2 nitrogen and oxygen atoms in total. The van der Waals surface area contributed by atoms with E-state index in [0.29, 0.717) is 5.92 Å². The van der Waals surface area contributed by atoms with Crippen LogP contribution in [0.25, 0.3) is 0 Å². The van der Waals surface area contributed by atoms with Crippen molar-refractivity contribution in [1.82, 2.24) is 4.90 Å². The Balaban J connectivity index is 2.21. The topological polar surface area (TPSA) is 23.5 Å². The van der Waals surface area contributed by atoms with Crippen molar-refractivity contribution in [1.29, 1.82) is 0 Å². The van der Waals surface area contributed by atoms with Crippen LogP contribution in [0, 0.1) is 11.7 Å². The molecule has 0 amide bonds. The third-order valence-corrected chi connectivity index (χ3v) is 4.16. The van der Waals surface area contributed by atoms with Gasteiger partial charge in [0.05, 0.1) is 6.10 Å². The zero-order chi connectivity index (χ0) is 13.8. The van der Waals surface area contributed by atoms with E-state index in [4.69, 9.17) is 0 Å². The summed E-state index contributed by atoms with van der Waals surface area (Å²) < 4.78 is 13.1. The van der Waals surface area contributed by atoms with Crippen molar-refractivity contribution in [2.24, 2.45) is 5.92 Å². The van der Waals surface area contributed by atoms with Gasteiger partial charge in [-0.3, -0.25) is 0 Å². The molecular weight excluding hydrogens is 241 g/mol. The van der Waals surface area contributed by atoms with Crippen molar-refractivity contribution in [2.75, 3.05) is 20.6 Å². The molecule has 0 aliphatic heterocycles. The van der Waals surface area contributed by atoms with Gasteiger partial charge in [-0.1, -0.05) is 25.0 Å². The molecule has 1 unspecified atom stereocenters. The number of rotatable bonds is 4. The summed E-state index contributed by atoms with van der Waals surface area (Å²) >= 11 is 0. The summed E-state index contributed by atoms with van der Waals surface area (Å²) in [4.78, 5) is 2.15. The van der Waals surface area contributed by atoms with Crippen molar-refractivity contribution in [3.63, 3.8) is 0 Å². The van der Waals surface area contributed by atoms with E-state index in [1.807, 2.05) is 26.2 Å². The maximum Gasteiger partial charge on any atom is 0.123 e. The minimum Gasteiger partial charge on any atom is -0.393 e. The van der Waals surface area contributed by atoms with Crippen LogP contribution in [0.5, 0.6) is 0 Å². The molecule has 0 aromatic heterocycles. The molecule has 1 saturated carbocycles. The number of halogens is 1. The Labute approximate surface area is 115 Å². The van der Waals surface area contributed by atoms with E-state index in [0.717, 1.165) is 31.4 Å². The van der Waals surface area contributed by atoms with Gasteiger partial charge in [0, 0.05) is 12.5 Å². The van der Waals surface area contributed by atoms with E-state index in [1.54, 1.807) is 0 Å². The third-order valence-electron chi connectivity index (χ3n) is 4.16. The summed E-state index contributed by atoms with van der Waals surface area (Å²) in [5.74, 6) is 0.379. The predicted molar refractivity (Wildman–Crippen MR) is 75.7 cm³/mol. The highest BCUT2D eigenvalue weighted by Gasteiger charge is 2.31. The van der Waals surface area contributed by atoms with Gasteiger partial charge >= 0.3 is 0 Å². The fourth-order valence-electron chi connectivity index (χ4n) is 3.20. The van der Waals surface area contributed by atoms with E-state index in [-0.39, 0.29) is 17.8 Å². The van der Waals surface area contributed by atoms with Crippen molar-refractivity contribution in [3.8, 4) is 0 Å². The molecule has 0 bridgehead atoms. The van der Waals surface area contributed by atoms with Crippen molar-refractivity contribution >= 4 is 0 Å². The highest BCUT2D eigenvalue weighted by Crippen LogP contribution is 2.36. The molecule has 106 valence electrons. The first kappa shape index (κ1) is 14.5. The van der Waals surface area contributed by atoms with Crippen LogP contribution in [0.15, 0.2) is 24.3 Å². The lowest BCUT2D eigenvalue weighted by Gasteiger charge is -2.36. The highest BCUT2D eigenvalue weighted by atomic mass is 19.1. The summed E-state index contributed by atoms with van der Waals surface area (Å²) in [6, 6.07) is 6.77. The van der Waals surface area contributed by atoms with Crippen LogP contribution < -0.4 is 0 Å². The molecule has 2 rings (SSSR count). The van der Waals surface area contributed by atoms with Crippen LogP contribution in [-0.4, -0.2) is 36.8 Å². The largest absolute Gasteiger partial charge is 0.393 e. The van der Waals surface area contributed by atoms with E-state index in [1.165, 1.54) is 18.6 Å². The normalized spacial score (nSPS) is 25.5. The van der Waals surface area contributed by atoms with Crippen LogP contribution >= 0.6 is 0 Å². The first-order chi connectivity index (χ1) is 9.08. The number of likely N-dealkylation sites (N-methyl/N-ethyl adjacent to an activating group) is 1. The van der Waals surface area contributed by atoms with Crippen molar-refractivity contribution < 1.29 is 9.50 Å². The summed E-state index contributed by atoms with van der Waals surface area (Å²) in [6.45, 7) is 0.896. The molecule has 1 N–H and O–H groups in total. The van der Waals surface area contributed by atoms with Crippen LogP contribution in [0.4, 0.5) is 4.39 Å². The number of nitrogens with zero attached hydrogens (tertiary/aromatic N) is 1. The molecule has 3 atom stereocenters. The lowest BCUT2D eigenvalue weighted by atomic mass is 9.75. The third kappa shape index (κ3) is 3.77. The van der Waals surface area contributed by atoms with Gasteiger partial charge in [0.1, 0.15) is 5.82 Å². The standard InChI is InChI=1S/C16H24FNO/c1-18(2)11-15(12-7-9-13(17)10-8-12)14-5-3-4-6-16(14)19/h7-10,14-16,19H,3-6,11H2,1-2H3/t14-,15?,16+/m1/s1.